The number of carbonyl (C=O) groups excluding carboxylic acids is 1. The summed E-state index contributed by atoms with van der Waals surface area (Å²) in [5.74, 6) is 0.533. The third-order valence-corrected chi connectivity index (χ3v) is 3.50. The summed E-state index contributed by atoms with van der Waals surface area (Å²) in [5, 5.41) is 1.72. The van der Waals surface area contributed by atoms with Crippen LogP contribution in [0.15, 0.2) is 35.9 Å². The molecular formula is C14H19N3O3. The molecule has 1 N–H and O–H groups in total. The minimum absolute atomic E-state index is 0.0337. The molecule has 1 atom stereocenters. The lowest BCUT2D eigenvalue weighted by Gasteiger charge is -2.45. The number of ether oxygens (including phenoxy) is 2. The highest BCUT2D eigenvalue weighted by Gasteiger charge is 2.40. The fourth-order valence-corrected chi connectivity index (χ4v) is 2.50. The van der Waals surface area contributed by atoms with Gasteiger partial charge in [-0.25, -0.2) is 5.43 Å². The lowest BCUT2D eigenvalue weighted by atomic mass is 10.1. The molecule has 0 saturated carbocycles. The highest BCUT2D eigenvalue weighted by atomic mass is 16.5. The zero-order chi connectivity index (χ0) is 14.1. The number of hydrazine groups is 1. The standard InChI is InChI=1S/C14H19N3O3/c1-3-7-20-13-10(2)4-5-17-12(13)14(18)16-6-8-19-9-11(16)15-17/h4-5,11,15H,2-3,6-9H2,1H3/t11-/m0/s1. The molecule has 6 heteroatoms. The third-order valence-electron chi connectivity index (χ3n) is 3.50. The maximum absolute atomic E-state index is 12.7. The summed E-state index contributed by atoms with van der Waals surface area (Å²) in [7, 11) is 0. The van der Waals surface area contributed by atoms with Crippen LogP contribution < -0.4 is 5.43 Å². The lowest BCUT2D eigenvalue weighted by molar-refractivity contribution is -0.148. The quantitative estimate of drug-likeness (QED) is 0.823. The SMILES string of the molecule is C=C1C=CN2N[C@@H]3COCCN3C(=O)C2=C1OCCC. The van der Waals surface area contributed by atoms with Crippen molar-refractivity contribution in [2.24, 2.45) is 0 Å². The van der Waals surface area contributed by atoms with Crippen LogP contribution in [0.5, 0.6) is 0 Å². The molecule has 108 valence electrons. The molecule has 0 bridgehead atoms. The molecule has 2 fully saturated rings. The summed E-state index contributed by atoms with van der Waals surface area (Å²) in [6.45, 7) is 8.21. The average Bonchev–Trinajstić information content (AvgIpc) is 2.47. The van der Waals surface area contributed by atoms with Gasteiger partial charge in [0.05, 0.1) is 19.8 Å². The third kappa shape index (κ3) is 2.10. The molecule has 0 aliphatic carbocycles. The van der Waals surface area contributed by atoms with E-state index in [0.29, 0.717) is 37.8 Å². The molecule has 2 saturated heterocycles. The Labute approximate surface area is 118 Å². The maximum atomic E-state index is 12.7. The predicted octanol–water partition coefficient (Wildman–Crippen LogP) is 0.713. The number of nitrogens with zero attached hydrogens (tertiary/aromatic N) is 2. The Hall–Kier alpha value is -1.79. The van der Waals surface area contributed by atoms with Crippen LogP contribution >= 0.6 is 0 Å². The second kappa shape index (κ2) is 5.30. The van der Waals surface area contributed by atoms with E-state index in [1.807, 2.05) is 13.0 Å². The molecule has 3 rings (SSSR count). The number of nitrogens with one attached hydrogen (secondary N) is 1. The highest BCUT2D eigenvalue weighted by molar-refractivity contribution is 5.95. The van der Waals surface area contributed by atoms with Gasteiger partial charge in [0.2, 0.25) is 0 Å². The molecule has 6 nitrogen and oxygen atoms in total. The molecule has 20 heavy (non-hydrogen) atoms. The zero-order valence-corrected chi connectivity index (χ0v) is 11.6. The fraction of sp³-hybridized carbons (Fsp3) is 0.500. The summed E-state index contributed by atoms with van der Waals surface area (Å²) in [5.41, 5.74) is 4.51. The van der Waals surface area contributed by atoms with Crippen molar-refractivity contribution in [2.75, 3.05) is 26.4 Å². The van der Waals surface area contributed by atoms with Gasteiger partial charge in [-0.05, 0) is 12.5 Å². The van der Waals surface area contributed by atoms with Gasteiger partial charge in [-0.2, -0.15) is 0 Å². The van der Waals surface area contributed by atoms with Crippen LogP contribution in [-0.4, -0.2) is 48.3 Å². The minimum Gasteiger partial charge on any atom is -0.491 e. The Kier molecular flexibility index (Phi) is 3.50. The number of hydrogen-bond donors (Lipinski definition) is 1. The van der Waals surface area contributed by atoms with Crippen molar-refractivity contribution in [1.82, 2.24) is 15.3 Å². The number of hydrogen-bond acceptors (Lipinski definition) is 5. The molecule has 0 aromatic heterocycles. The molecule has 1 amide bonds. The van der Waals surface area contributed by atoms with E-state index in [0.717, 1.165) is 12.0 Å². The highest BCUT2D eigenvalue weighted by Crippen LogP contribution is 2.29. The van der Waals surface area contributed by atoms with Gasteiger partial charge < -0.3 is 14.4 Å². The second-order valence-corrected chi connectivity index (χ2v) is 4.96. The van der Waals surface area contributed by atoms with Gasteiger partial charge in [0.1, 0.15) is 6.17 Å². The Balaban J connectivity index is 1.93. The van der Waals surface area contributed by atoms with Crippen LogP contribution in [0.4, 0.5) is 0 Å². The van der Waals surface area contributed by atoms with E-state index >= 15 is 0 Å². The first-order chi connectivity index (χ1) is 9.72. The summed E-state index contributed by atoms with van der Waals surface area (Å²) >= 11 is 0. The van der Waals surface area contributed by atoms with Crippen LogP contribution in [-0.2, 0) is 14.3 Å². The molecule has 0 spiro atoms. The number of fused-ring (bicyclic) bond motifs is 2. The Morgan fingerprint density at radius 3 is 3.25 bits per heavy atom. The first kappa shape index (κ1) is 13.2. The number of morpholine rings is 1. The molecule has 3 aliphatic heterocycles. The van der Waals surface area contributed by atoms with Crippen molar-refractivity contribution in [3.05, 3.63) is 35.9 Å². The number of amides is 1. The number of rotatable bonds is 3. The van der Waals surface area contributed by atoms with Gasteiger partial charge in [-0.15, -0.1) is 0 Å². The minimum atomic E-state index is -0.122. The van der Waals surface area contributed by atoms with E-state index < -0.39 is 0 Å². The Bertz CT molecular complexity index is 498. The second-order valence-electron chi connectivity index (χ2n) is 4.96. The van der Waals surface area contributed by atoms with Crippen molar-refractivity contribution < 1.29 is 14.3 Å². The summed E-state index contributed by atoms with van der Waals surface area (Å²) in [6, 6.07) is 0. The van der Waals surface area contributed by atoms with Crippen molar-refractivity contribution in [1.29, 1.82) is 0 Å². The van der Waals surface area contributed by atoms with Gasteiger partial charge in [0.15, 0.2) is 11.5 Å². The smallest absolute Gasteiger partial charge is 0.277 e. The maximum Gasteiger partial charge on any atom is 0.277 e. The molecular weight excluding hydrogens is 258 g/mol. The van der Waals surface area contributed by atoms with Gasteiger partial charge >= 0.3 is 0 Å². The van der Waals surface area contributed by atoms with E-state index in [-0.39, 0.29) is 12.1 Å². The van der Waals surface area contributed by atoms with E-state index in [2.05, 4.69) is 12.0 Å². The van der Waals surface area contributed by atoms with Crippen LogP contribution in [0.3, 0.4) is 0 Å². The molecule has 0 unspecified atom stereocenters. The lowest BCUT2D eigenvalue weighted by Crippen LogP contribution is -2.65. The molecule has 0 aromatic rings. The normalized spacial score (nSPS) is 25.8. The largest absolute Gasteiger partial charge is 0.491 e. The van der Waals surface area contributed by atoms with E-state index in [4.69, 9.17) is 9.47 Å². The van der Waals surface area contributed by atoms with Gasteiger partial charge in [0, 0.05) is 18.3 Å². The number of carbonyl (C=O) groups is 1. The molecule has 0 radical (unpaired) electrons. The van der Waals surface area contributed by atoms with Gasteiger partial charge in [-0.1, -0.05) is 13.5 Å². The summed E-state index contributed by atoms with van der Waals surface area (Å²) < 4.78 is 11.1. The van der Waals surface area contributed by atoms with Crippen LogP contribution in [0, 0.1) is 0 Å². The first-order valence-corrected chi connectivity index (χ1v) is 6.91. The van der Waals surface area contributed by atoms with Crippen molar-refractivity contribution in [2.45, 2.75) is 19.5 Å². The van der Waals surface area contributed by atoms with E-state index in [1.54, 1.807) is 16.1 Å². The summed E-state index contributed by atoms with van der Waals surface area (Å²) in [4.78, 5) is 14.5. The monoisotopic (exact) mass is 277 g/mol. The van der Waals surface area contributed by atoms with Crippen LogP contribution in [0.25, 0.3) is 0 Å². The van der Waals surface area contributed by atoms with Crippen molar-refractivity contribution in [3.8, 4) is 0 Å². The number of allylic oxidation sites excluding steroid dienone is 1. The van der Waals surface area contributed by atoms with Gasteiger partial charge in [-0.3, -0.25) is 9.80 Å². The molecule has 3 heterocycles. The topological polar surface area (TPSA) is 54.0 Å². The van der Waals surface area contributed by atoms with Crippen LogP contribution in [0.1, 0.15) is 13.3 Å². The van der Waals surface area contributed by atoms with Gasteiger partial charge in [0.25, 0.3) is 5.91 Å². The molecule has 0 aromatic carbocycles. The summed E-state index contributed by atoms with van der Waals surface area (Å²) in [6.07, 6.45) is 4.41. The molecule has 3 aliphatic rings. The predicted molar refractivity (Wildman–Crippen MR) is 72.8 cm³/mol. The van der Waals surface area contributed by atoms with E-state index in [9.17, 15) is 4.79 Å². The van der Waals surface area contributed by atoms with Crippen molar-refractivity contribution >= 4 is 5.91 Å². The Morgan fingerprint density at radius 1 is 1.60 bits per heavy atom. The first-order valence-electron chi connectivity index (χ1n) is 6.91. The van der Waals surface area contributed by atoms with E-state index in [1.165, 1.54) is 0 Å². The fourth-order valence-electron chi connectivity index (χ4n) is 2.50. The van der Waals surface area contributed by atoms with Crippen molar-refractivity contribution in [3.63, 3.8) is 0 Å². The average molecular weight is 277 g/mol. The van der Waals surface area contributed by atoms with Crippen LogP contribution in [0.2, 0.25) is 0 Å². The zero-order valence-electron chi connectivity index (χ0n) is 11.6. The Morgan fingerprint density at radius 2 is 2.45 bits per heavy atom.